The van der Waals surface area contributed by atoms with Gasteiger partial charge in [-0.15, -0.1) is 0 Å². The van der Waals surface area contributed by atoms with E-state index < -0.39 is 109 Å². The molecule has 0 radical (unpaired) electrons. The summed E-state index contributed by atoms with van der Waals surface area (Å²) in [5.74, 6) is -7.07. The minimum atomic E-state index is -3.81. The number of aliphatic hydroxyl groups is 1. The number of ketones is 2. The van der Waals surface area contributed by atoms with Gasteiger partial charge in [0.25, 0.3) is 0 Å². The summed E-state index contributed by atoms with van der Waals surface area (Å²) in [4.78, 5) is 39.3. The summed E-state index contributed by atoms with van der Waals surface area (Å²) in [5, 5.41) is 12.0. The zero-order valence-electron chi connectivity index (χ0n) is 33.7. The number of Topliss-reactive ketones (excluding diaryl/α,β-unsaturated/α-hetero) is 1. The topological polar surface area (TPSA) is 99.1 Å². The van der Waals surface area contributed by atoms with Crippen LogP contribution in [0.1, 0.15) is 100 Å². The Balaban J connectivity index is 1.47. The van der Waals surface area contributed by atoms with Gasteiger partial charge in [-0.2, -0.15) is 0 Å². The number of carbonyl (C=O) groups excluding carboxylic acids is 3. The average Bonchev–Trinajstić information content (AvgIpc) is 3.51. The lowest BCUT2D eigenvalue weighted by Crippen LogP contribution is -2.63. The number of carbonyl (C=O) groups is 3. The Kier molecular flexibility index (Phi) is 4.25. The number of ether oxygens (including phenoxy) is 3. The monoisotopic (exact) mass is 551 g/mol. The van der Waals surface area contributed by atoms with Crippen molar-refractivity contribution in [3.63, 3.8) is 0 Å². The van der Waals surface area contributed by atoms with Crippen LogP contribution in [-0.2, 0) is 28.6 Å². The summed E-state index contributed by atoms with van der Waals surface area (Å²) in [7, 11) is 0. The highest BCUT2D eigenvalue weighted by Crippen LogP contribution is 2.70. The minimum absolute atomic E-state index is 0.0330. The van der Waals surface area contributed by atoms with Gasteiger partial charge in [-0.1, -0.05) is 58.5 Å². The number of esters is 1. The maximum absolute atomic E-state index is 14.6. The van der Waals surface area contributed by atoms with Crippen molar-refractivity contribution in [1.82, 2.24) is 0 Å². The van der Waals surface area contributed by atoms with Gasteiger partial charge >= 0.3 is 5.97 Å². The first kappa shape index (κ1) is 17.2. The Morgan fingerprint density at radius 2 is 2.00 bits per heavy atom. The molecule has 6 aliphatic rings. The maximum Gasteiger partial charge on any atom is 0.308 e. The van der Waals surface area contributed by atoms with Crippen molar-refractivity contribution in [1.29, 1.82) is 0 Å². The molecule has 9 atom stereocenters. The van der Waals surface area contributed by atoms with E-state index in [1.54, 1.807) is 32.9 Å². The first-order chi connectivity index (χ1) is 22.6. The van der Waals surface area contributed by atoms with E-state index in [0.29, 0.717) is 12.8 Å². The van der Waals surface area contributed by atoms with E-state index >= 15 is 0 Å². The predicted octanol–water partition coefficient (Wildman–Crippen LogP) is 4.70. The Morgan fingerprint density at radius 1 is 1.26 bits per heavy atom. The molecule has 6 rings (SSSR count). The van der Waals surface area contributed by atoms with Crippen LogP contribution >= 0.6 is 0 Å². The zero-order chi connectivity index (χ0) is 37.6. The maximum atomic E-state index is 14.6. The smallest absolute Gasteiger partial charge is 0.308 e. The molecule has 39 heavy (non-hydrogen) atoms. The van der Waals surface area contributed by atoms with E-state index in [1.807, 2.05) is 6.92 Å². The van der Waals surface area contributed by atoms with Crippen LogP contribution < -0.4 is 0 Å². The number of aliphatic hydroxyl groups excluding tert-OH is 1. The summed E-state index contributed by atoms with van der Waals surface area (Å²) in [6.07, 6.45) is -18.0. The fourth-order valence-corrected chi connectivity index (χ4v) is 8.49. The molecule has 7 heteroatoms. The lowest BCUT2D eigenvalue weighted by molar-refractivity contribution is -0.210. The van der Waals surface area contributed by atoms with Crippen molar-refractivity contribution in [2.75, 3.05) is 6.61 Å². The van der Waals surface area contributed by atoms with Crippen LogP contribution in [0.15, 0.2) is 23.8 Å². The summed E-state index contributed by atoms with van der Waals surface area (Å²) >= 11 is 0. The third-order valence-corrected chi connectivity index (χ3v) is 10.2. The first-order valence-electron chi connectivity index (χ1n) is 19.3. The van der Waals surface area contributed by atoms with Gasteiger partial charge in [0, 0.05) is 37.7 Å². The largest absolute Gasteiger partial charge is 0.457 e. The third-order valence-electron chi connectivity index (χ3n) is 10.2. The SMILES string of the molecule is [2H]C1([2H])C([2H])([2H])C([2H])([2H])C([2H])(C2O[C@@H]3C[C@H]4[C@@H]5CCC6=CC(=O)C=C[C@]6(C)[C@H]5[C@@H](O)C[C@]4(C)[C@]3(C(=O)COC(=O)C(C)C)O2)C([2H])([2H])C1([2H])[2H]. The van der Waals surface area contributed by atoms with Crippen molar-refractivity contribution in [3.8, 4) is 0 Å². The fourth-order valence-electron chi connectivity index (χ4n) is 8.49. The highest BCUT2D eigenvalue weighted by atomic mass is 16.7. The molecule has 1 unspecified atom stereocenters. The molecule has 1 N–H and O–H groups in total. The molecule has 0 aromatic heterocycles. The highest BCUT2D eigenvalue weighted by molar-refractivity contribution is 6.01. The predicted molar refractivity (Wildman–Crippen MR) is 143 cm³/mol. The second-order valence-corrected chi connectivity index (χ2v) is 12.5. The number of hydrogen-bond donors (Lipinski definition) is 1. The van der Waals surface area contributed by atoms with Crippen LogP contribution in [0.2, 0.25) is 0 Å². The molecule has 5 fully saturated rings. The lowest BCUT2D eigenvalue weighted by atomic mass is 9.46. The molecular formula is C32H44O7. The molecule has 0 aromatic rings. The van der Waals surface area contributed by atoms with Crippen molar-refractivity contribution in [3.05, 3.63) is 23.8 Å². The number of rotatable bonds is 5. The number of allylic oxidation sites excluding steroid dienone is 4. The molecule has 5 aliphatic carbocycles. The van der Waals surface area contributed by atoms with Crippen LogP contribution in [0, 0.1) is 40.4 Å². The van der Waals surface area contributed by atoms with E-state index in [9.17, 15) is 20.9 Å². The van der Waals surface area contributed by atoms with Gasteiger partial charge in [-0.25, -0.2) is 0 Å². The fraction of sp³-hybridized carbons (Fsp3) is 0.781. The van der Waals surface area contributed by atoms with Gasteiger partial charge in [-0.3, -0.25) is 14.4 Å². The molecule has 7 nitrogen and oxygen atoms in total. The molecule has 1 saturated heterocycles. The number of fused-ring (bicyclic) bond motifs is 7. The Labute approximate surface area is 247 Å². The second-order valence-electron chi connectivity index (χ2n) is 12.5. The summed E-state index contributed by atoms with van der Waals surface area (Å²) in [5.41, 5.74) is -3.36. The van der Waals surface area contributed by atoms with Crippen LogP contribution in [0.5, 0.6) is 0 Å². The van der Waals surface area contributed by atoms with Crippen molar-refractivity contribution in [2.45, 2.75) is 109 Å². The summed E-state index contributed by atoms with van der Waals surface area (Å²) in [6.45, 7) is 5.90. The molecule has 0 aromatic carbocycles. The van der Waals surface area contributed by atoms with E-state index in [-0.39, 0.29) is 24.5 Å². The van der Waals surface area contributed by atoms with Crippen LogP contribution in [0.25, 0.3) is 0 Å². The zero-order valence-corrected chi connectivity index (χ0v) is 22.7. The third kappa shape index (κ3) is 3.97. The standard InChI is InChI=1S/C32H44O7/c1-18(2)28(36)37-17-25(35)32-26(38-29(39-32)19-8-6-5-7-9-19)15-23-22-11-10-20-14-21(33)12-13-30(20,3)27(22)24(34)16-31(23,32)4/h12-14,18-19,22-24,26-27,29,34H,5-11,15-17H2,1-4H3/t22-,23-,24-,26+,27+,29?,30-,31-,32+/m0/s1/i5D2,6D2,7D2,8D2,9D2,19D. The first-order valence-corrected chi connectivity index (χ1v) is 13.8. The molecule has 0 amide bonds. The van der Waals surface area contributed by atoms with E-state index in [0.717, 1.165) is 5.57 Å². The van der Waals surface area contributed by atoms with Gasteiger partial charge in [0.1, 0.15) is 0 Å². The van der Waals surface area contributed by atoms with E-state index in [4.69, 9.17) is 27.9 Å². The van der Waals surface area contributed by atoms with Crippen molar-refractivity contribution in [2.24, 2.45) is 40.4 Å². The minimum Gasteiger partial charge on any atom is -0.457 e. The Morgan fingerprint density at radius 3 is 2.72 bits per heavy atom. The summed E-state index contributed by atoms with van der Waals surface area (Å²) < 4.78 is 112. The Bertz CT molecular complexity index is 1550. The van der Waals surface area contributed by atoms with E-state index in [2.05, 4.69) is 0 Å². The highest BCUT2D eigenvalue weighted by Gasteiger charge is 2.76. The molecule has 4 saturated carbocycles. The molecular weight excluding hydrogens is 496 g/mol. The van der Waals surface area contributed by atoms with E-state index in [1.165, 1.54) is 6.08 Å². The van der Waals surface area contributed by atoms with Gasteiger partial charge < -0.3 is 19.3 Å². The lowest BCUT2D eigenvalue weighted by Gasteiger charge is -2.59. The molecule has 1 aliphatic heterocycles. The van der Waals surface area contributed by atoms with Gasteiger partial charge in [-0.05, 0) is 62.4 Å². The summed E-state index contributed by atoms with van der Waals surface area (Å²) in [6, 6.07) is 0. The normalized spacial score (nSPS) is 56.7. The van der Waals surface area contributed by atoms with Crippen LogP contribution in [-0.4, -0.2) is 53.3 Å². The van der Waals surface area contributed by atoms with Crippen molar-refractivity contribution < 1.29 is 48.8 Å². The number of hydrogen-bond acceptors (Lipinski definition) is 7. The molecule has 214 valence electrons. The van der Waals surface area contributed by atoms with Crippen LogP contribution in [0.4, 0.5) is 0 Å². The molecule has 0 bridgehead atoms. The second kappa shape index (κ2) is 9.63. The van der Waals surface area contributed by atoms with Gasteiger partial charge in [0.05, 0.1) is 18.1 Å². The van der Waals surface area contributed by atoms with Crippen molar-refractivity contribution >= 4 is 17.5 Å². The average molecular weight is 552 g/mol. The Hall–Kier alpha value is -1.83. The van der Waals surface area contributed by atoms with Gasteiger partial charge in [0.15, 0.2) is 24.3 Å². The van der Waals surface area contributed by atoms with Crippen LogP contribution in [0.3, 0.4) is 0 Å². The molecule has 0 spiro atoms. The molecule has 1 heterocycles. The van der Waals surface area contributed by atoms with Gasteiger partial charge in [0.2, 0.25) is 5.78 Å². The quantitative estimate of drug-likeness (QED) is 0.494.